The number of hydrogen-bond donors (Lipinski definition) is 3. The molecule has 0 aromatic heterocycles. The largest absolute Gasteiger partial charge is 0.480 e. The number of aliphatic carboxylic acids is 1. The molecule has 1 heterocycles. The number of nitrogens with one attached hydrogen (secondary N) is 2. The van der Waals surface area contributed by atoms with Gasteiger partial charge in [-0.1, -0.05) is 13.8 Å². The van der Waals surface area contributed by atoms with Crippen LogP contribution in [0, 0.1) is 0 Å². The first-order chi connectivity index (χ1) is 16.8. The van der Waals surface area contributed by atoms with Crippen LogP contribution in [-0.4, -0.2) is 147 Å². The lowest BCUT2D eigenvalue weighted by Crippen LogP contribution is -2.51. The van der Waals surface area contributed by atoms with Crippen LogP contribution in [0.2, 0.25) is 0 Å². The number of carbonyl (C=O) groups is 3. The van der Waals surface area contributed by atoms with E-state index < -0.39 is 12.0 Å². The van der Waals surface area contributed by atoms with Gasteiger partial charge in [0.15, 0.2) is 0 Å². The lowest BCUT2D eigenvalue weighted by atomic mass is 10.2. The number of nitrogens with zero attached hydrogens (tertiary/aromatic N) is 4. The third kappa shape index (κ3) is 14.4. The zero-order valence-corrected chi connectivity index (χ0v) is 22.3. The van der Waals surface area contributed by atoms with Gasteiger partial charge in [-0.3, -0.25) is 24.2 Å². The van der Waals surface area contributed by atoms with Crippen LogP contribution in [0.15, 0.2) is 0 Å². The first-order valence-corrected chi connectivity index (χ1v) is 13.0. The molecule has 0 unspecified atom stereocenters. The summed E-state index contributed by atoms with van der Waals surface area (Å²) in [6.45, 7) is 14.8. The molecule has 1 fully saturated rings. The van der Waals surface area contributed by atoms with Gasteiger partial charge < -0.3 is 30.3 Å². The Hall–Kier alpha value is -1.79. The third-order valence-corrected chi connectivity index (χ3v) is 6.26. The van der Waals surface area contributed by atoms with Gasteiger partial charge in [0.1, 0.15) is 6.04 Å². The SMILES string of the molecule is CCOCCCNC(=O)[C@@H](CC)NC(=O)CN1CCN(CC)CCN(C)CCN(CC(=O)O)CC1. The summed E-state index contributed by atoms with van der Waals surface area (Å²) in [5, 5.41) is 15.0. The van der Waals surface area contributed by atoms with Crippen molar-refractivity contribution in [1.82, 2.24) is 30.2 Å². The fourth-order valence-electron chi connectivity index (χ4n) is 3.91. The Morgan fingerprint density at radius 2 is 1.46 bits per heavy atom. The molecule has 0 aliphatic carbocycles. The summed E-state index contributed by atoms with van der Waals surface area (Å²) in [6, 6.07) is -0.576. The average Bonchev–Trinajstić information content (AvgIpc) is 2.82. The summed E-state index contributed by atoms with van der Waals surface area (Å²) in [5.41, 5.74) is 0. The van der Waals surface area contributed by atoms with Crippen molar-refractivity contribution in [3.63, 3.8) is 0 Å². The topological polar surface area (TPSA) is 118 Å². The standard InChI is InChI=1S/C24H48N6O5/c1-5-21(24(34)25-9-8-18-35-7-3)26-22(31)19-29-15-14-28(6-2)12-10-27(4)11-13-30(17-16-29)20-23(32)33/h21H,5-20H2,1-4H3,(H,25,34)(H,26,31)(H,32,33)/t21-/m1/s1. The molecule has 1 aliphatic heterocycles. The Balaban J connectivity index is 2.70. The van der Waals surface area contributed by atoms with Crippen LogP contribution < -0.4 is 10.6 Å². The molecule has 0 aromatic rings. The van der Waals surface area contributed by atoms with Crippen LogP contribution in [0.4, 0.5) is 0 Å². The van der Waals surface area contributed by atoms with Gasteiger partial charge in [-0.15, -0.1) is 0 Å². The van der Waals surface area contributed by atoms with E-state index in [1.54, 1.807) is 0 Å². The number of rotatable bonds is 13. The van der Waals surface area contributed by atoms with Crippen LogP contribution in [0.3, 0.4) is 0 Å². The highest BCUT2D eigenvalue weighted by molar-refractivity contribution is 5.88. The fraction of sp³-hybridized carbons (Fsp3) is 0.875. The Labute approximate surface area is 211 Å². The van der Waals surface area contributed by atoms with Crippen LogP contribution >= 0.6 is 0 Å². The molecular formula is C24H48N6O5. The maximum Gasteiger partial charge on any atom is 0.317 e. The van der Waals surface area contributed by atoms with E-state index in [-0.39, 0.29) is 24.9 Å². The smallest absolute Gasteiger partial charge is 0.317 e. The molecule has 0 aromatic carbocycles. The van der Waals surface area contributed by atoms with Crippen molar-refractivity contribution in [3.05, 3.63) is 0 Å². The van der Waals surface area contributed by atoms with Crippen LogP contribution in [0.5, 0.6) is 0 Å². The summed E-state index contributed by atoms with van der Waals surface area (Å²) in [7, 11) is 2.06. The number of amides is 2. The molecule has 35 heavy (non-hydrogen) atoms. The number of carboxylic acids is 1. The van der Waals surface area contributed by atoms with Gasteiger partial charge in [-0.25, -0.2) is 0 Å². The van der Waals surface area contributed by atoms with E-state index in [4.69, 9.17) is 4.74 Å². The molecule has 1 atom stereocenters. The monoisotopic (exact) mass is 500 g/mol. The van der Waals surface area contributed by atoms with Gasteiger partial charge in [0.2, 0.25) is 11.8 Å². The van der Waals surface area contributed by atoms with Gasteiger partial charge in [0, 0.05) is 72.1 Å². The average molecular weight is 501 g/mol. The zero-order valence-electron chi connectivity index (χ0n) is 22.3. The highest BCUT2D eigenvalue weighted by Gasteiger charge is 2.21. The summed E-state index contributed by atoms with van der Waals surface area (Å²) >= 11 is 0. The van der Waals surface area contributed by atoms with Crippen LogP contribution in [0.25, 0.3) is 0 Å². The summed E-state index contributed by atoms with van der Waals surface area (Å²) < 4.78 is 5.28. The molecule has 204 valence electrons. The molecule has 3 N–H and O–H groups in total. The molecule has 1 saturated heterocycles. The number of carboxylic acid groups (broad SMARTS) is 1. The Morgan fingerprint density at radius 3 is 2.03 bits per heavy atom. The fourth-order valence-corrected chi connectivity index (χ4v) is 3.91. The Bertz CT molecular complexity index is 623. The minimum Gasteiger partial charge on any atom is -0.480 e. The Kier molecular flexibility index (Phi) is 16.5. The number of hydrogen-bond acceptors (Lipinski definition) is 8. The predicted molar refractivity (Wildman–Crippen MR) is 136 cm³/mol. The minimum absolute atomic E-state index is 0.0175. The molecule has 1 aliphatic rings. The van der Waals surface area contributed by atoms with E-state index in [1.165, 1.54) is 0 Å². The van der Waals surface area contributed by atoms with Crippen molar-refractivity contribution in [2.75, 3.05) is 98.8 Å². The van der Waals surface area contributed by atoms with Crippen molar-refractivity contribution in [2.45, 2.75) is 39.7 Å². The maximum absolute atomic E-state index is 12.8. The van der Waals surface area contributed by atoms with E-state index in [2.05, 4.69) is 39.3 Å². The van der Waals surface area contributed by atoms with Crippen molar-refractivity contribution >= 4 is 17.8 Å². The molecular weight excluding hydrogens is 452 g/mol. The van der Waals surface area contributed by atoms with Gasteiger partial charge in [-0.05, 0) is 33.4 Å². The maximum atomic E-state index is 12.8. The van der Waals surface area contributed by atoms with Crippen LogP contribution in [0.1, 0.15) is 33.6 Å². The van der Waals surface area contributed by atoms with E-state index in [0.717, 1.165) is 39.1 Å². The molecule has 0 bridgehead atoms. The van der Waals surface area contributed by atoms with Crippen molar-refractivity contribution in [2.24, 2.45) is 0 Å². The van der Waals surface area contributed by atoms with E-state index in [1.807, 2.05) is 18.7 Å². The van der Waals surface area contributed by atoms with Gasteiger partial charge in [0.25, 0.3) is 0 Å². The summed E-state index contributed by atoms with van der Waals surface area (Å²) in [5.74, 6) is -1.22. The summed E-state index contributed by atoms with van der Waals surface area (Å²) in [4.78, 5) is 45.2. The molecule has 0 spiro atoms. The molecule has 2 amide bonds. The number of ether oxygens (including phenoxy) is 1. The molecule has 0 radical (unpaired) electrons. The van der Waals surface area contributed by atoms with Crippen LogP contribution in [-0.2, 0) is 19.1 Å². The lowest BCUT2D eigenvalue weighted by molar-refractivity contribution is -0.138. The van der Waals surface area contributed by atoms with E-state index >= 15 is 0 Å². The molecule has 1 rings (SSSR count). The highest BCUT2D eigenvalue weighted by Crippen LogP contribution is 2.01. The first kappa shape index (κ1) is 31.2. The van der Waals surface area contributed by atoms with Crippen molar-refractivity contribution < 1.29 is 24.2 Å². The lowest BCUT2D eigenvalue weighted by Gasteiger charge is -2.32. The first-order valence-electron chi connectivity index (χ1n) is 13.0. The number of likely N-dealkylation sites (N-methyl/N-ethyl adjacent to an activating group) is 2. The molecule has 11 nitrogen and oxygen atoms in total. The second kappa shape index (κ2) is 18.5. The second-order valence-corrected chi connectivity index (χ2v) is 9.05. The highest BCUT2D eigenvalue weighted by atomic mass is 16.5. The number of carbonyl (C=O) groups excluding carboxylic acids is 2. The van der Waals surface area contributed by atoms with Gasteiger partial charge in [0.05, 0.1) is 13.1 Å². The second-order valence-electron chi connectivity index (χ2n) is 9.05. The zero-order chi connectivity index (χ0) is 26.1. The molecule has 11 heteroatoms. The molecule has 0 saturated carbocycles. The van der Waals surface area contributed by atoms with E-state index in [0.29, 0.717) is 52.4 Å². The van der Waals surface area contributed by atoms with Gasteiger partial charge >= 0.3 is 5.97 Å². The minimum atomic E-state index is -0.848. The van der Waals surface area contributed by atoms with Crippen molar-refractivity contribution in [3.8, 4) is 0 Å². The van der Waals surface area contributed by atoms with Gasteiger partial charge in [-0.2, -0.15) is 0 Å². The Morgan fingerprint density at radius 1 is 0.886 bits per heavy atom. The normalized spacial score (nSPS) is 18.9. The predicted octanol–water partition coefficient (Wildman–Crippen LogP) is -0.620. The van der Waals surface area contributed by atoms with Crippen molar-refractivity contribution in [1.29, 1.82) is 0 Å². The third-order valence-electron chi connectivity index (χ3n) is 6.26. The van der Waals surface area contributed by atoms with E-state index in [9.17, 15) is 19.5 Å². The quantitative estimate of drug-likeness (QED) is 0.284. The summed E-state index contributed by atoms with van der Waals surface area (Å²) in [6.07, 6.45) is 1.24.